The van der Waals surface area contributed by atoms with Crippen LogP contribution >= 0.6 is 0 Å². The van der Waals surface area contributed by atoms with E-state index >= 15 is 0 Å². The van der Waals surface area contributed by atoms with Crippen LogP contribution in [0.4, 0.5) is 8.78 Å². The van der Waals surface area contributed by atoms with Crippen molar-refractivity contribution >= 4 is 5.97 Å². The summed E-state index contributed by atoms with van der Waals surface area (Å²) in [5.41, 5.74) is 5.29. The zero-order chi connectivity index (χ0) is 11.5. The minimum atomic E-state index is -2.61. The number of nitrogens with one attached hydrogen (secondary N) is 1. The fourth-order valence-corrected chi connectivity index (χ4v) is 1.71. The molecule has 0 spiro atoms. The Bertz CT molecular complexity index is 236. The maximum absolute atomic E-state index is 12.7. The van der Waals surface area contributed by atoms with Crippen LogP contribution in [-0.4, -0.2) is 35.6 Å². The summed E-state index contributed by atoms with van der Waals surface area (Å²) in [6, 6.07) is -1.09. The highest BCUT2D eigenvalue weighted by molar-refractivity contribution is 5.72. The maximum atomic E-state index is 12.7. The van der Waals surface area contributed by atoms with Gasteiger partial charge in [0.05, 0.1) is 6.54 Å². The van der Waals surface area contributed by atoms with E-state index in [1.165, 1.54) is 0 Å². The smallest absolute Gasteiger partial charge is 0.320 e. The molecule has 2 atom stereocenters. The topological polar surface area (TPSA) is 75.3 Å². The predicted octanol–water partition coefficient (Wildman–Crippen LogP) is 0.566. The van der Waals surface area contributed by atoms with E-state index in [9.17, 15) is 13.6 Å². The van der Waals surface area contributed by atoms with Crippen molar-refractivity contribution < 1.29 is 18.7 Å². The molecule has 0 aliphatic carbocycles. The molecule has 1 aliphatic heterocycles. The van der Waals surface area contributed by atoms with E-state index in [1.807, 2.05) is 0 Å². The highest BCUT2D eigenvalue weighted by Crippen LogP contribution is 2.27. The highest BCUT2D eigenvalue weighted by atomic mass is 19.3. The van der Waals surface area contributed by atoms with Gasteiger partial charge in [0.1, 0.15) is 6.04 Å². The fourth-order valence-electron chi connectivity index (χ4n) is 1.71. The highest BCUT2D eigenvalue weighted by Gasteiger charge is 2.38. The molecular weight excluding hydrogens is 206 g/mol. The van der Waals surface area contributed by atoms with Crippen molar-refractivity contribution in [2.24, 2.45) is 5.73 Å². The molecule has 1 rings (SSSR count). The molecule has 88 valence electrons. The Balaban J connectivity index is 2.14. The number of hydrogen-bond acceptors (Lipinski definition) is 3. The van der Waals surface area contributed by atoms with Gasteiger partial charge in [-0.25, -0.2) is 8.78 Å². The monoisotopic (exact) mass is 222 g/mol. The molecule has 15 heavy (non-hydrogen) atoms. The van der Waals surface area contributed by atoms with Crippen LogP contribution in [0.1, 0.15) is 25.7 Å². The first-order valence-corrected chi connectivity index (χ1v) is 5.00. The van der Waals surface area contributed by atoms with Gasteiger partial charge in [-0.2, -0.15) is 0 Å². The van der Waals surface area contributed by atoms with E-state index in [-0.39, 0.29) is 19.0 Å². The second-order valence-electron chi connectivity index (χ2n) is 4.01. The van der Waals surface area contributed by atoms with Crippen molar-refractivity contribution in [3.8, 4) is 0 Å². The molecule has 1 fully saturated rings. The van der Waals surface area contributed by atoms with E-state index in [0.29, 0.717) is 19.3 Å². The Hall–Kier alpha value is -0.750. The molecular formula is C9H16F2N2O2. The molecule has 1 heterocycles. The molecule has 0 aromatic heterocycles. The number of aliphatic carboxylic acids is 1. The van der Waals surface area contributed by atoms with Crippen LogP contribution in [0.15, 0.2) is 0 Å². The van der Waals surface area contributed by atoms with Crippen LogP contribution in [0.3, 0.4) is 0 Å². The van der Waals surface area contributed by atoms with Gasteiger partial charge in [-0.05, 0) is 19.3 Å². The summed E-state index contributed by atoms with van der Waals surface area (Å²) in [5, 5.41) is 11.2. The van der Waals surface area contributed by atoms with Gasteiger partial charge in [-0.1, -0.05) is 0 Å². The van der Waals surface area contributed by atoms with Crippen molar-refractivity contribution in [1.29, 1.82) is 0 Å². The summed E-state index contributed by atoms with van der Waals surface area (Å²) in [6.07, 6.45) is 1.28. The maximum Gasteiger partial charge on any atom is 0.320 e. The quantitative estimate of drug-likeness (QED) is 0.635. The fraction of sp³-hybridized carbons (Fsp3) is 0.889. The number of carbonyl (C=O) groups is 1. The van der Waals surface area contributed by atoms with Gasteiger partial charge < -0.3 is 16.2 Å². The SMILES string of the molecule is N[C@@H](CCC[C@@H]1CC(F)(F)CN1)C(=O)O. The normalized spacial score (nSPS) is 26.5. The van der Waals surface area contributed by atoms with Crippen molar-refractivity contribution in [2.45, 2.75) is 43.7 Å². The first-order chi connectivity index (χ1) is 6.91. The molecule has 0 bridgehead atoms. The lowest BCUT2D eigenvalue weighted by Crippen LogP contribution is -2.30. The summed E-state index contributed by atoms with van der Waals surface area (Å²) in [5.74, 6) is -3.65. The molecule has 0 aromatic rings. The zero-order valence-electron chi connectivity index (χ0n) is 8.38. The van der Waals surface area contributed by atoms with Crippen LogP contribution in [0.25, 0.3) is 0 Å². The summed E-state index contributed by atoms with van der Waals surface area (Å²) in [4.78, 5) is 10.4. The summed E-state index contributed by atoms with van der Waals surface area (Å²) in [7, 11) is 0. The number of alkyl halides is 2. The van der Waals surface area contributed by atoms with Crippen molar-refractivity contribution in [2.75, 3.05) is 6.54 Å². The third-order valence-electron chi connectivity index (χ3n) is 2.58. The van der Waals surface area contributed by atoms with E-state index in [2.05, 4.69) is 5.32 Å². The van der Waals surface area contributed by atoms with Gasteiger partial charge in [0, 0.05) is 12.5 Å². The van der Waals surface area contributed by atoms with Crippen LogP contribution < -0.4 is 11.1 Å². The van der Waals surface area contributed by atoms with Crippen molar-refractivity contribution in [1.82, 2.24) is 5.32 Å². The lowest BCUT2D eigenvalue weighted by atomic mass is 10.0. The number of hydrogen-bond donors (Lipinski definition) is 3. The standard InChI is InChI=1S/C9H16F2N2O2/c10-9(11)4-6(13-5-9)2-1-3-7(12)8(14)15/h6-7,13H,1-5,12H2,(H,14,15)/t6-,7+/m1/s1. The Morgan fingerprint density at radius 3 is 2.80 bits per heavy atom. The van der Waals surface area contributed by atoms with E-state index in [4.69, 9.17) is 10.8 Å². The number of halogens is 2. The predicted molar refractivity (Wildman–Crippen MR) is 50.8 cm³/mol. The van der Waals surface area contributed by atoms with E-state index in [1.54, 1.807) is 0 Å². The lowest BCUT2D eigenvalue weighted by Gasteiger charge is -2.11. The average Bonchev–Trinajstić information content (AvgIpc) is 2.45. The molecule has 0 saturated carbocycles. The molecule has 1 saturated heterocycles. The third-order valence-corrected chi connectivity index (χ3v) is 2.58. The molecule has 0 radical (unpaired) electrons. The first-order valence-electron chi connectivity index (χ1n) is 5.00. The summed E-state index contributed by atoms with van der Waals surface area (Å²) >= 11 is 0. The van der Waals surface area contributed by atoms with E-state index < -0.39 is 17.9 Å². The largest absolute Gasteiger partial charge is 0.480 e. The molecule has 0 amide bonds. The summed E-state index contributed by atoms with van der Waals surface area (Å²) < 4.78 is 25.5. The molecule has 4 nitrogen and oxygen atoms in total. The average molecular weight is 222 g/mol. The molecule has 0 unspecified atom stereocenters. The Morgan fingerprint density at radius 2 is 2.33 bits per heavy atom. The van der Waals surface area contributed by atoms with Gasteiger partial charge in [0.2, 0.25) is 0 Å². The number of carboxylic acids is 1. The lowest BCUT2D eigenvalue weighted by molar-refractivity contribution is -0.138. The van der Waals surface area contributed by atoms with Gasteiger partial charge in [-0.3, -0.25) is 4.79 Å². The van der Waals surface area contributed by atoms with Crippen LogP contribution in [-0.2, 0) is 4.79 Å². The Morgan fingerprint density at radius 1 is 1.67 bits per heavy atom. The second kappa shape index (κ2) is 4.85. The second-order valence-corrected chi connectivity index (χ2v) is 4.01. The molecule has 1 aliphatic rings. The van der Waals surface area contributed by atoms with Gasteiger partial charge in [0.15, 0.2) is 0 Å². The summed E-state index contributed by atoms with van der Waals surface area (Å²) in [6.45, 7) is -0.275. The molecule has 0 aromatic carbocycles. The number of nitrogens with two attached hydrogens (primary N) is 1. The minimum absolute atomic E-state index is 0.157. The van der Waals surface area contributed by atoms with E-state index in [0.717, 1.165) is 0 Å². The number of carboxylic acid groups (broad SMARTS) is 1. The van der Waals surface area contributed by atoms with Gasteiger partial charge in [-0.15, -0.1) is 0 Å². The van der Waals surface area contributed by atoms with Crippen LogP contribution in [0.5, 0.6) is 0 Å². The third kappa shape index (κ3) is 4.09. The van der Waals surface area contributed by atoms with Gasteiger partial charge >= 0.3 is 5.97 Å². The van der Waals surface area contributed by atoms with Crippen molar-refractivity contribution in [3.05, 3.63) is 0 Å². The van der Waals surface area contributed by atoms with Crippen molar-refractivity contribution in [3.63, 3.8) is 0 Å². The van der Waals surface area contributed by atoms with Gasteiger partial charge in [0.25, 0.3) is 5.92 Å². The first kappa shape index (κ1) is 12.3. The van der Waals surface area contributed by atoms with Crippen LogP contribution in [0, 0.1) is 0 Å². The minimum Gasteiger partial charge on any atom is -0.480 e. The Labute approximate surface area is 86.8 Å². The Kier molecular flexibility index (Phi) is 3.98. The molecule has 4 N–H and O–H groups in total. The zero-order valence-corrected chi connectivity index (χ0v) is 8.38. The van der Waals surface area contributed by atoms with Crippen LogP contribution in [0.2, 0.25) is 0 Å². The molecule has 6 heteroatoms. The number of rotatable bonds is 5.